The van der Waals surface area contributed by atoms with Gasteiger partial charge in [0.15, 0.2) is 0 Å². The molecule has 2 heterocycles. The molecule has 9 heteroatoms. The van der Waals surface area contributed by atoms with E-state index in [1.54, 1.807) is 23.1 Å². The van der Waals surface area contributed by atoms with E-state index in [0.29, 0.717) is 62.5 Å². The van der Waals surface area contributed by atoms with Crippen molar-refractivity contribution in [1.82, 2.24) is 15.1 Å². The first kappa shape index (κ1) is 22.6. The van der Waals surface area contributed by atoms with Crippen molar-refractivity contribution >= 4 is 39.5 Å². The van der Waals surface area contributed by atoms with Gasteiger partial charge >= 0.3 is 6.03 Å². The monoisotopic (exact) mass is 480 g/mol. The summed E-state index contributed by atoms with van der Waals surface area (Å²) in [6, 6.07) is 4.67. The van der Waals surface area contributed by atoms with Crippen LogP contribution in [0, 0.1) is 11.8 Å². The molecule has 2 saturated heterocycles. The lowest BCUT2D eigenvalue weighted by atomic mass is 9.91. The average Bonchev–Trinajstić information content (AvgIpc) is 2.72. The van der Waals surface area contributed by atoms with Gasteiger partial charge in [-0.25, -0.2) is 4.79 Å². The molecule has 1 aromatic carbocycles. The Hall–Kier alpha value is -2.13. The molecular weight excluding hydrogens is 452 g/mol. The van der Waals surface area contributed by atoms with E-state index in [-0.39, 0.29) is 18.4 Å². The van der Waals surface area contributed by atoms with Gasteiger partial charge in [-0.2, -0.15) is 0 Å². The lowest BCUT2D eigenvalue weighted by molar-refractivity contribution is -0.134. The van der Waals surface area contributed by atoms with E-state index in [4.69, 9.17) is 4.74 Å². The molecule has 164 valence electrons. The van der Waals surface area contributed by atoms with Gasteiger partial charge < -0.3 is 25.2 Å². The summed E-state index contributed by atoms with van der Waals surface area (Å²) in [5.74, 6) is 0.623. The molecule has 0 unspecified atom stereocenters. The summed E-state index contributed by atoms with van der Waals surface area (Å²) in [6.07, 6.45) is 1.10. The van der Waals surface area contributed by atoms with Crippen molar-refractivity contribution in [2.24, 2.45) is 11.8 Å². The highest BCUT2D eigenvalue weighted by Crippen LogP contribution is 2.27. The molecule has 0 saturated carbocycles. The number of anilines is 1. The van der Waals surface area contributed by atoms with Crippen molar-refractivity contribution in [3.05, 3.63) is 28.2 Å². The van der Waals surface area contributed by atoms with Gasteiger partial charge in [0.2, 0.25) is 5.91 Å². The van der Waals surface area contributed by atoms with Crippen LogP contribution in [0.15, 0.2) is 22.7 Å². The van der Waals surface area contributed by atoms with Gasteiger partial charge in [0.25, 0.3) is 5.91 Å². The number of hydrogen-bond acceptors (Lipinski definition) is 4. The Balaban J connectivity index is 1.63. The SMILES string of the molecule is C[C@@H]1C[C@H](C)CN(C(=O)c2cc(Br)ccc2NC(=O)NCC(=O)N2CCOCC2)C1. The number of amides is 4. The summed E-state index contributed by atoms with van der Waals surface area (Å²) in [5, 5.41) is 5.31. The number of hydrogen-bond donors (Lipinski definition) is 2. The van der Waals surface area contributed by atoms with Gasteiger partial charge in [0, 0.05) is 30.7 Å². The van der Waals surface area contributed by atoms with Crippen LogP contribution >= 0.6 is 15.9 Å². The Morgan fingerprint density at radius 2 is 1.77 bits per heavy atom. The van der Waals surface area contributed by atoms with Gasteiger partial charge in [0.1, 0.15) is 0 Å². The molecule has 2 N–H and O–H groups in total. The predicted molar refractivity (Wildman–Crippen MR) is 117 cm³/mol. The quantitative estimate of drug-likeness (QED) is 0.692. The fourth-order valence-corrected chi connectivity index (χ4v) is 4.41. The van der Waals surface area contributed by atoms with Crippen molar-refractivity contribution in [2.45, 2.75) is 20.3 Å². The molecule has 8 nitrogen and oxygen atoms in total. The highest BCUT2D eigenvalue weighted by atomic mass is 79.9. The van der Waals surface area contributed by atoms with Gasteiger partial charge in [-0.15, -0.1) is 0 Å². The lowest BCUT2D eigenvalue weighted by Gasteiger charge is -2.35. The highest BCUT2D eigenvalue weighted by molar-refractivity contribution is 9.10. The third kappa shape index (κ3) is 5.95. The normalized spacial score (nSPS) is 21.8. The molecule has 30 heavy (non-hydrogen) atoms. The molecule has 4 amide bonds. The zero-order chi connectivity index (χ0) is 21.7. The van der Waals surface area contributed by atoms with Crippen LogP contribution in [0.25, 0.3) is 0 Å². The maximum absolute atomic E-state index is 13.2. The highest BCUT2D eigenvalue weighted by Gasteiger charge is 2.28. The summed E-state index contributed by atoms with van der Waals surface area (Å²) >= 11 is 3.41. The second-order valence-electron chi connectivity index (χ2n) is 8.15. The van der Waals surface area contributed by atoms with Crippen molar-refractivity contribution in [3.63, 3.8) is 0 Å². The minimum absolute atomic E-state index is 0.102. The second kappa shape index (κ2) is 10.3. The van der Waals surface area contributed by atoms with Crippen LogP contribution in [0.4, 0.5) is 10.5 Å². The van der Waals surface area contributed by atoms with Gasteiger partial charge in [-0.3, -0.25) is 9.59 Å². The number of ether oxygens (including phenoxy) is 1. The van der Waals surface area contributed by atoms with Crippen LogP contribution in [0.5, 0.6) is 0 Å². The summed E-state index contributed by atoms with van der Waals surface area (Å²) in [4.78, 5) is 41.3. The molecule has 2 aliphatic rings. The fraction of sp³-hybridized carbons (Fsp3) is 0.571. The van der Waals surface area contributed by atoms with Crippen molar-refractivity contribution in [2.75, 3.05) is 51.3 Å². The number of piperidine rings is 1. The van der Waals surface area contributed by atoms with Gasteiger partial charge in [-0.05, 0) is 36.5 Å². The molecule has 0 spiro atoms. The first-order valence-corrected chi connectivity index (χ1v) is 11.1. The average molecular weight is 481 g/mol. The fourth-order valence-electron chi connectivity index (χ4n) is 4.05. The van der Waals surface area contributed by atoms with Gasteiger partial charge in [-0.1, -0.05) is 29.8 Å². The summed E-state index contributed by atoms with van der Waals surface area (Å²) in [7, 11) is 0. The molecule has 2 aliphatic heterocycles. The Morgan fingerprint density at radius 3 is 2.43 bits per heavy atom. The Bertz CT molecular complexity index is 787. The largest absolute Gasteiger partial charge is 0.378 e. The summed E-state index contributed by atoms with van der Waals surface area (Å²) in [6.45, 7) is 7.67. The molecule has 0 radical (unpaired) electrons. The Kier molecular flexibility index (Phi) is 7.71. The number of morpholine rings is 1. The number of carbonyl (C=O) groups excluding carboxylic acids is 3. The first-order chi connectivity index (χ1) is 14.3. The summed E-state index contributed by atoms with van der Waals surface area (Å²) < 4.78 is 5.99. The van der Waals surface area contributed by atoms with E-state index in [2.05, 4.69) is 40.4 Å². The molecule has 2 fully saturated rings. The van der Waals surface area contributed by atoms with Crippen LogP contribution in [-0.2, 0) is 9.53 Å². The van der Waals surface area contributed by atoms with E-state index in [0.717, 1.165) is 10.9 Å². The number of urea groups is 1. The minimum atomic E-state index is -0.520. The van der Waals surface area contributed by atoms with Crippen molar-refractivity contribution in [1.29, 1.82) is 0 Å². The van der Waals surface area contributed by atoms with Crippen LogP contribution in [0.3, 0.4) is 0 Å². The number of halogens is 1. The van der Waals surface area contributed by atoms with E-state index < -0.39 is 6.03 Å². The molecule has 0 bridgehead atoms. The van der Waals surface area contributed by atoms with E-state index in [9.17, 15) is 14.4 Å². The smallest absolute Gasteiger partial charge is 0.319 e. The molecule has 0 aromatic heterocycles. The molecule has 3 rings (SSSR count). The van der Waals surface area contributed by atoms with Crippen LogP contribution in [-0.4, -0.2) is 73.6 Å². The maximum atomic E-state index is 13.2. The summed E-state index contributed by atoms with van der Waals surface area (Å²) in [5.41, 5.74) is 0.853. The Labute approximate surface area is 185 Å². The molecule has 2 atom stereocenters. The van der Waals surface area contributed by atoms with E-state index in [1.165, 1.54) is 0 Å². The first-order valence-electron chi connectivity index (χ1n) is 10.3. The topological polar surface area (TPSA) is 91.0 Å². The van der Waals surface area contributed by atoms with Crippen molar-refractivity contribution < 1.29 is 19.1 Å². The zero-order valence-corrected chi connectivity index (χ0v) is 19.0. The number of nitrogens with zero attached hydrogens (tertiary/aromatic N) is 2. The van der Waals surface area contributed by atoms with E-state index >= 15 is 0 Å². The number of rotatable bonds is 4. The number of carbonyl (C=O) groups is 3. The van der Waals surface area contributed by atoms with E-state index in [1.807, 2.05) is 4.90 Å². The third-order valence-corrected chi connectivity index (χ3v) is 5.87. The number of benzene rings is 1. The predicted octanol–water partition coefficient (Wildman–Crippen LogP) is 2.55. The third-order valence-electron chi connectivity index (χ3n) is 5.38. The van der Waals surface area contributed by atoms with Crippen LogP contribution in [0.2, 0.25) is 0 Å². The van der Waals surface area contributed by atoms with Gasteiger partial charge in [0.05, 0.1) is 31.0 Å². The molecule has 1 aromatic rings. The molecular formula is C21H29BrN4O4. The lowest BCUT2D eigenvalue weighted by Crippen LogP contribution is -2.46. The van der Waals surface area contributed by atoms with Crippen molar-refractivity contribution in [3.8, 4) is 0 Å². The number of likely N-dealkylation sites (tertiary alicyclic amines) is 1. The standard InChI is InChI=1S/C21H29BrN4O4/c1-14-9-15(2)13-26(12-14)20(28)17-10-16(22)3-4-18(17)24-21(29)23-11-19(27)25-5-7-30-8-6-25/h3-4,10,14-15H,5-9,11-13H2,1-2H3,(H2,23,24,29)/t14-,15+. The number of nitrogens with one attached hydrogen (secondary N) is 2. The Morgan fingerprint density at radius 1 is 1.10 bits per heavy atom. The van der Waals surface area contributed by atoms with Crippen LogP contribution < -0.4 is 10.6 Å². The maximum Gasteiger partial charge on any atom is 0.319 e. The zero-order valence-electron chi connectivity index (χ0n) is 17.4. The minimum Gasteiger partial charge on any atom is -0.378 e. The van der Waals surface area contributed by atoms with Crippen LogP contribution in [0.1, 0.15) is 30.6 Å². The second-order valence-corrected chi connectivity index (χ2v) is 9.06. The molecule has 0 aliphatic carbocycles.